The van der Waals surface area contributed by atoms with Crippen LogP contribution in [-0.4, -0.2) is 23.7 Å². The Hall–Kier alpha value is -4.18. The molecule has 3 aromatic carbocycles. The van der Waals surface area contributed by atoms with Crippen molar-refractivity contribution in [3.05, 3.63) is 134 Å². The van der Waals surface area contributed by atoms with E-state index in [1.165, 1.54) is 101 Å². The molecule has 0 N–H and O–H groups in total. The third-order valence-electron chi connectivity index (χ3n) is 22.7. The average molecular weight is 1000 g/mol. The highest BCUT2D eigenvalue weighted by Gasteiger charge is 2.59. The maximum Gasteiger partial charge on any atom is 0.252 e. The van der Waals surface area contributed by atoms with Crippen molar-refractivity contribution in [2.45, 2.75) is 235 Å². The van der Waals surface area contributed by atoms with Crippen molar-refractivity contribution in [3.8, 4) is 0 Å². The molecule has 0 saturated heterocycles. The van der Waals surface area contributed by atoms with Crippen LogP contribution < -0.4 is 10.4 Å². The van der Waals surface area contributed by atoms with Crippen molar-refractivity contribution in [1.29, 1.82) is 0 Å². The van der Waals surface area contributed by atoms with Gasteiger partial charge in [-0.15, -0.1) is 0 Å². The van der Waals surface area contributed by atoms with Gasteiger partial charge < -0.3 is 14.2 Å². The lowest BCUT2D eigenvalue weighted by Crippen LogP contribution is -2.60. The Bertz CT molecular complexity index is 3140. The van der Waals surface area contributed by atoms with Gasteiger partial charge in [0.15, 0.2) is 5.88 Å². The van der Waals surface area contributed by atoms with Gasteiger partial charge in [-0.3, -0.25) is 0 Å². The first-order valence-corrected chi connectivity index (χ1v) is 30.1. The first-order valence-electron chi connectivity index (χ1n) is 30.1. The fourth-order valence-electron chi connectivity index (χ4n) is 17.3. The zero-order valence-electron chi connectivity index (χ0n) is 50.3. The Kier molecular flexibility index (Phi) is 11.3. The molecule has 0 spiro atoms. The number of hydrogen-bond acceptors (Lipinski definition) is 3. The normalized spacial score (nSPS) is 29.9. The Morgan fingerprint density at radius 3 is 1.84 bits per heavy atom. The molecule has 4 aromatic rings. The Balaban J connectivity index is 1.17. The summed E-state index contributed by atoms with van der Waals surface area (Å²) in [5.74, 6) is 3.26. The van der Waals surface area contributed by atoms with Crippen LogP contribution in [0.4, 0.5) is 11.6 Å². The number of benzene rings is 3. The number of fused-ring (bicyclic) bond motifs is 8. The quantitative estimate of drug-likeness (QED) is 0.191. The maximum absolute atomic E-state index is 7.58. The third kappa shape index (κ3) is 7.96. The van der Waals surface area contributed by atoms with E-state index in [0.717, 1.165) is 24.3 Å². The van der Waals surface area contributed by atoms with Crippen LogP contribution in [0.15, 0.2) is 111 Å². The van der Waals surface area contributed by atoms with E-state index in [2.05, 4.69) is 214 Å². The number of anilines is 2. The Morgan fingerprint density at radius 2 is 1.19 bits per heavy atom. The van der Waals surface area contributed by atoms with E-state index in [1.807, 2.05) is 0 Å². The van der Waals surface area contributed by atoms with Crippen LogP contribution in [0.25, 0.3) is 11.0 Å². The summed E-state index contributed by atoms with van der Waals surface area (Å²) in [4.78, 5) is 5.87. The van der Waals surface area contributed by atoms with E-state index in [9.17, 15) is 0 Å². The van der Waals surface area contributed by atoms with Gasteiger partial charge in [0.1, 0.15) is 5.58 Å². The summed E-state index contributed by atoms with van der Waals surface area (Å²) >= 11 is 0. The van der Waals surface area contributed by atoms with Crippen LogP contribution in [0.3, 0.4) is 0 Å². The molecule has 8 aliphatic rings. The maximum atomic E-state index is 7.58. The topological polar surface area (TPSA) is 19.6 Å². The van der Waals surface area contributed by atoms with E-state index in [1.54, 1.807) is 27.8 Å². The standard InChI is InChI=1S/C71H95BN2O/c1-42-34-58-62-59(35-42)74(56-40-53-51(68(12,13)30-32-70(53,16)17)38-47(56)43-20-22-44(23-21-43)64(2,3)4)57-41-54-52(69(14,15)31-33-71(54,18)19)39-55(57)72(62)61-48-36-45(65(5,6)7)24-27-60(48)75-63(61)73(58)46-25-26-49-50(37-46)67(10,11)29-28-66(49,8)9/h20-27,35-37,39,47,51,53-54,56,58H,28-34,38,40-41H2,1-19H3/t47?,51?,53-,54?,56?,58?/m1/s1. The Labute approximate surface area is 455 Å². The number of nitrogens with zero attached hydrogens (tertiary/aromatic N) is 2. The molecular weight excluding hydrogens is 908 g/mol. The number of furan rings is 1. The van der Waals surface area contributed by atoms with Crippen molar-refractivity contribution in [2.75, 3.05) is 4.90 Å². The van der Waals surface area contributed by atoms with Gasteiger partial charge in [0.25, 0.3) is 6.71 Å². The lowest BCUT2D eigenvalue weighted by atomic mass is 9.30. The molecule has 4 heteroatoms. The second-order valence-electron chi connectivity index (χ2n) is 32.3. The monoisotopic (exact) mass is 1000 g/mol. The second-order valence-corrected chi connectivity index (χ2v) is 32.3. The smallest absolute Gasteiger partial charge is 0.252 e. The highest BCUT2D eigenvalue weighted by Crippen LogP contribution is 2.64. The lowest BCUT2D eigenvalue weighted by molar-refractivity contribution is -0.0688. The first kappa shape index (κ1) is 51.6. The summed E-state index contributed by atoms with van der Waals surface area (Å²) < 4.78 is 7.58. The zero-order valence-corrected chi connectivity index (χ0v) is 50.3. The molecule has 75 heavy (non-hydrogen) atoms. The second kappa shape index (κ2) is 16.4. The minimum absolute atomic E-state index is 0.00679. The van der Waals surface area contributed by atoms with E-state index in [4.69, 9.17) is 4.42 Å². The van der Waals surface area contributed by atoms with Crippen molar-refractivity contribution in [2.24, 2.45) is 39.4 Å². The summed E-state index contributed by atoms with van der Waals surface area (Å²) in [6.07, 6.45) is 17.6. The first-order chi connectivity index (χ1) is 34.8. The summed E-state index contributed by atoms with van der Waals surface area (Å²) in [5, 5.41) is 1.30. The van der Waals surface area contributed by atoms with E-state index < -0.39 is 0 Å². The molecule has 0 amide bonds. The molecule has 1 aromatic heterocycles. The molecule has 2 aliphatic heterocycles. The highest BCUT2D eigenvalue weighted by molar-refractivity contribution is 6.90. The van der Waals surface area contributed by atoms with Gasteiger partial charge in [-0.25, -0.2) is 0 Å². The molecule has 12 rings (SSSR count). The molecule has 3 heterocycles. The van der Waals surface area contributed by atoms with Gasteiger partial charge in [-0.2, -0.15) is 0 Å². The summed E-state index contributed by atoms with van der Waals surface area (Å²) in [5.41, 5.74) is 21.8. The highest BCUT2D eigenvalue weighted by atomic mass is 16.4. The van der Waals surface area contributed by atoms with Crippen molar-refractivity contribution >= 4 is 34.7 Å². The number of rotatable bonds is 3. The van der Waals surface area contributed by atoms with Crippen LogP contribution in [0, 0.1) is 39.4 Å². The van der Waals surface area contributed by atoms with E-state index in [0.29, 0.717) is 35.1 Å². The number of allylic oxidation sites excluding steroid dienone is 5. The molecule has 3 saturated carbocycles. The molecule has 0 radical (unpaired) electrons. The van der Waals surface area contributed by atoms with Crippen LogP contribution in [0.5, 0.6) is 0 Å². The van der Waals surface area contributed by atoms with Gasteiger partial charge >= 0.3 is 0 Å². The summed E-state index contributed by atoms with van der Waals surface area (Å²) in [6, 6.07) is 25.4. The van der Waals surface area contributed by atoms with Crippen LogP contribution in [0.1, 0.15) is 229 Å². The van der Waals surface area contributed by atoms with Gasteiger partial charge in [0.2, 0.25) is 0 Å². The molecule has 6 aliphatic carbocycles. The average Bonchev–Trinajstić information content (AvgIpc) is 3.72. The lowest BCUT2D eigenvalue weighted by Gasteiger charge is -2.61. The van der Waals surface area contributed by atoms with Gasteiger partial charge in [0, 0.05) is 39.9 Å². The minimum atomic E-state index is -0.00679. The summed E-state index contributed by atoms with van der Waals surface area (Å²) in [7, 11) is 0. The largest absolute Gasteiger partial charge is 0.441 e. The molecule has 5 unspecified atom stereocenters. The molecule has 398 valence electrons. The molecule has 0 bridgehead atoms. The molecule has 3 nitrogen and oxygen atoms in total. The van der Waals surface area contributed by atoms with Crippen molar-refractivity contribution < 1.29 is 4.42 Å². The van der Waals surface area contributed by atoms with E-state index in [-0.39, 0.29) is 50.7 Å². The van der Waals surface area contributed by atoms with Crippen molar-refractivity contribution in [3.63, 3.8) is 0 Å². The zero-order chi connectivity index (χ0) is 53.7. The van der Waals surface area contributed by atoms with Gasteiger partial charge in [0.05, 0.1) is 6.04 Å². The fraction of sp³-hybridized carbons (Fsp3) is 0.606. The molecule has 6 atom stereocenters. The Morgan fingerprint density at radius 1 is 0.587 bits per heavy atom. The van der Waals surface area contributed by atoms with Crippen molar-refractivity contribution in [1.82, 2.24) is 4.90 Å². The molecule has 3 fully saturated rings. The van der Waals surface area contributed by atoms with Crippen LogP contribution in [0.2, 0.25) is 0 Å². The minimum Gasteiger partial charge on any atom is -0.441 e. The summed E-state index contributed by atoms with van der Waals surface area (Å²) in [6.45, 7) is 47.7. The predicted molar refractivity (Wildman–Crippen MR) is 320 cm³/mol. The van der Waals surface area contributed by atoms with Gasteiger partial charge in [-0.1, -0.05) is 178 Å². The van der Waals surface area contributed by atoms with Crippen LogP contribution >= 0.6 is 0 Å². The third-order valence-corrected chi connectivity index (χ3v) is 22.7. The predicted octanol–water partition coefficient (Wildman–Crippen LogP) is 18.7. The molecular formula is C71H95BN2O. The number of hydrogen-bond donors (Lipinski definition) is 0. The van der Waals surface area contributed by atoms with Crippen LogP contribution in [-0.2, 0) is 21.7 Å². The SMILES string of the molecule is CC1=CC2=C3B(C4=C(CC5C(=C4)C(C)(C)CCC5(C)C)N2C2C[C@@H]4C(CC2c2ccc(C(C)(C)C)cc2)C(C)(C)CCC4(C)C)c2c(oc4ccc(C(C)(C)C)cc24)N(c2ccc4c(c2)C(C)(C)CCC4(C)C)C3C1. The van der Waals surface area contributed by atoms with Gasteiger partial charge in [-0.05, 0) is 201 Å². The van der Waals surface area contributed by atoms with E-state index >= 15 is 0 Å². The fourth-order valence-corrected chi connectivity index (χ4v) is 17.3.